The zero-order chi connectivity index (χ0) is 8.43. The second kappa shape index (κ2) is 3.72. The predicted molar refractivity (Wildman–Crippen MR) is 47.4 cm³/mol. The molecule has 0 spiro atoms. The lowest BCUT2D eigenvalue weighted by atomic mass is 10.2. The van der Waals surface area contributed by atoms with E-state index in [2.05, 4.69) is 4.98 Å². The van der Waals surface area contributed by atoms with Crippen LogP contribution in [0.15, 0.2) is 0 Å². The van der Waals surface area contributed by atoms with Crippen LogP contribution in [0.25, 0.3) is 0 Å². The van der Waals surface area contributed by atoms with Crippen LogP contribution in [0.2, 0.25) is 9.62 Å². The van der Waals surface area contributed by atoms with Crippen molar-refractivity contribution in [1.29, 1.82) is 0 Å². The Morgan fingerprint density at radius 2 is 2.27 bits per heavy atom. The number of hydrogen-bond acceptors (Lipinski definition) is 3. The second-order valence-electron chi connectivity index (χ2n) is 2.05. The van der Waals surface area contributed by atoms with Gasteiger partial charge in [0.05, 0.1) is 11.0 Å². The van der Waals surface area contributed by atoms with Gasteiger partial charge in [-0.05, 0) is 6.42 Å². The average Bonchev–Trinajstić information content (AvgIpc) is 2.28. The lowest BCUT2D eigenvalue weighted by Crippen LogP contribution is -1.91. The molecule has 0 radical (unpaired) electrons. The average molecular weight is 212 g/mol. The number of thiazole rings is 1. The van der Waals surface area contributed by atoms with E-state index in [1.165, 1.54) is 11.3 Å². The number of rotatable bonds is 2. The van der Waals surface area contributed by atoms with Crippen molar-refractivity contribution in [3.63, 3.8) is 0 Å². The van der Waals surface area contributed by atoms with Gasteiger partial charge in [-0.15, -0.1) is 11.3 Å². The Kier molecular flexibility index (Phi) is 3.13. The Morgan fingerprint density at radius 3 is 2.64 bits per heavy atom. The summed E-state index contributed by atoms with van der Waals surface area (Å²) in [6.45, 7) is 1.87. The van der Waals surface area contributed by atoms with E-state index in [0.29, 0.717) is 20.9 Å². The lowest BCUT2D eigenvalue weighted by Gasteiger charge is -2.02. The molecule has 0 saturated carbocycles. The number of nitrogens with zero attached hydrogens (tertiary/aromatic N) is 1. The van der Waals surface area contributed by atoms with Crippen molar-refractivity contribution < 1.29 is 5.11 Å². The first-order valence-electron chi connectivity index (χ1n) is 3.15. The minimum atomic E-state index is -0.535. The Balaban J connectivity index is 2.93. The summed E-state index contributed by atoms with van der Waals surface area (Å²) < 4.78 is 0.373. The third-order valence-corrected chi connectivity index (χ3v) is 2.93. The quantitative estimate of drug-likeness (QED) is 0.817. The van der Waals surface area contributed by atoms with Crippen LogP contribution in [0, 0.1) is 0 Å². The third kappa shape index (κ3) is 2.06. The summed E-state index contributed by atoms with van der Waals surface area (Å²) >= 11 is 12.5. The molecule has 0 aliphatic carbocycles. The number of halogens is 2. The molecule has 5 heteroatoms. The highest BCUT2D eigenvalue weighted by atomic mass is 35.5. The number of aliphatic hydroxyl groups is 1. The Bertz CT molecular complexity index is 251. The van der Waals surface area contributed by atoms with Crippen molar-refractivity contribution in [2.24, 2.45) is 0 Å². The van der Waals surface area contributed by atoms with Gasteiger partial charge in [-0.1, -0.05) is 30.1 Å². The molecule has 0 aromatic carbocycles. The molecule has 1 heterocycles. The van der Waals surface area contributed by atoms with E-state index in [1.807, 2.05) is 6.92 Å². The fourth-order valence-corrected chi connectivity index (χ4v) is 2.18. The highest BCUT2D eigenvalue weighted by Crippen LogP contribution is 2.32. The van der Waals surface area contributed by atoms with Gasteiger partial charge in [0.2, 0.25) is 0 Å². The highest BCUT2D eigenvalue weighted by Gasteiger charge is 2.14. The van der Waals surface area contributed by atoms with E-state index in [-0.39, 0.29) is 0 Å². The van der Waals surface area contributed by atoms with Crippen molar-refractivity contribution in [2.45, 2.75) is 19.4 Å². The minimum Gasteiger partial charge on any atom is -0.387 e. The van der Waals surface area contributed by atoms with Gasteiger partial charge in [-0.3, -0.25) is 0 Å². The predicted octanol–water partition coefficient (Wildman–Crippen LogP) is 2.89. The molecule has 0 aliphatic heterocycles. The zero-order valence-corrected chi connectivity index (χ0v) is 8.17. The fourth-order valence-electron chi connectivity index (χ4n) is 0.679. The smallest absolute Gasteiger partial charge is 0.185 e. The summed E-state index contributed by atoms with van der Waals surface area (Å²) in [5.41, 5.74) is 0. The third-order valence-electron chi connectivity index (χ3n) is 1.27. The Hall–Kier alpha value is 0.170. The van der Waals surface area contributed by atoms with E-state index in [4.69, 9.17) is 23.2 Å². The molecule has 1 rings (SSSR count). The highest BCUT2D eigenvalue weighted by molar-refractivity contribution is 7.16. The van der Waals surface area contributed by atoms with Gasteiger partial charge < -0.3 is 5.11 Å². The second-order valence-corrected chi connectivity index (χ2v) is 4.02. The molecule has 1 aromatic rings. The van der Waals surface area contributed by atoms with Gasteiger partial charge >= 0.3 is 0 Å². The Morgan fingerprint density at radius 1 is 1.64 bits per heavy atom. The molecular weight excluding hydrogens is 205 g/mol. The molecule has 0 amide bonds. The standard InChI is InChI=1S/C6H7Cl2NOS/c1-2-3(10)4-5(7)9-6(8)11-4/h3,10H,2H2,1H3. The first-order valence-corrected chi connectivity index (χ1v) is 4.72. The van der Waals surface area contributed by atoms with Crippen molar-refractivity contribution in [1.82, 2.24) is 4.98 Å². The molecule has 0 fully saturated rings. The molecular formula is C6H7Cl2NOS. The normalized spacial score (nSPS) is 13.5. The molecule has 1 N–H and O–H groups in total. The van der Waals surface area contributed by atoms with Crippen LogP contribution in [0.5, 0.6) is 0 Å². The van der Waals surface area contributed by atoms with E-state index >= 15 is 0 Å². The summed E-state index contributed by atoms with van der Waals surface area (Å²) in [7, 11) is 0. The van der Waals surface area contributed by atoms with E-state index < -0.39 is 6.10 Å². The maximum Gasteiger partial charge on any atom is 0.185 e. The lowest BCUT2D eigenvalue weighted by molar-refractivity contribution is 0.177. The van der Waals surface area contributed by atoms with Crippen LogP contribution in [0.3, 0.4) is 0 Å². The molecule has 1 aromatic heterocycles. The van der Waals surface area contributed by atoms with Crippen LogP contribution in [0.1, 0.15) is 24.3 Å². The molecule has 11 heavy (non-hydrogen) atoms. The van der Waals surface area contributed by atoms with Crippen LogP contribution >= 0.6 is 34.5 Å². The molecule has 0 saturated heterocycles. The van der Waals surface area contributed by atoms with Gasteiger partial charge in [0.25, 0.3) is 0 Å². The topological polar surface area (TPSA) is 33.1 Å². The van der Waals surface area contributed by atoms with Crippen molar-refractivity contribution in [2.75, 3.05) is 0 Å². The molecule has 0 aliphatic rings. The van der Waals surface area contributed by atoms with Crippen molar-refractivity contribution in [3.05, 3.63) is 14.5 Å². The number of hydrogen-bond donors (Lipinski definition) is 1. The molecule has 0 bridgehead atoms. The SMILES string of the molecule is CCC(O)c1sc(Cl)nc1Cl. The van der Waals surface area contributed by atoms with Gasteiger partial charge in [-0.2, -0.15) is 0 Å². The first kappa shape index (κ1) is 9.26. The first-order chi connectivity index (χ1) is 5.15. The maximum absolute atomic E-state index is 9.35. The van der Waals surface area contributed by atoms with E-state index in [0.717, 1.165) is 0 Å². The molecule has 62 valence electrons. The van der Waals surface area contributed by atoms with Crippen LogP contribution in [-0.4, -0.2) is 10.1 Å². The fraction of sp³-hybridized carbons (Fsp3) is 0.500. The van der Waals surface area contributed by atoms with Gasteiger partial charge in [-0.25, -0.2) is 4.98 Å². The summed E-state index contributed by atoms with van der Waals surface area (Å²) in [5.74, 6) is 0. The monoisotopic (exact) mass is 211 g/mol. The maximum atomic E-state index is 9.35. The van der Waals surface area contributed by atoms with E-state index in [1.54, 1.807) is 0 Å². The Labute approximate surface area is 78.8 Å². The van der Waals surface area contributed by atoms with Gasteiger partial charge in [0, 0.05) is 0 Å². The number of aliphatic hydroxyl groups excluding tert-OH is 1. The largest absolute Gasteiger partial charge is 0.387 e. The molecule has 1 atom stereocenters. The van der Waals surface area contributed by atoms with Crippen LogP contribution in [0.4, 0.5) is 0 Å². The molecule has 1 unspecified atom stereocenters. The molecule has 2 nitrogen and oxygen atoms in total. The van der Waals surface area contributed by atoms with Crippen molar-refractivity contribution in [3.8, 4) is 0 Å². The van der Waals surface area contributed by atoms with Crippen molar-refractivity contribution >= 4 is 34.5 Å². The van der Waals surface area contributed by atoms with E-state index in [9.17, 15) is 5.11 Å². The minimum absolute atomic E-state index is 0.314. The summed E-state index contributed by atoms with van der Waals surface area (Å²) in [6, 6.07) is 0. The zero-order valence-electron chi connectivity index (χ0n) is 5.84. The summed E-state index contributed by atoms with van der Waals surface area (Å²) in [4.78, 5) is 4.42. The van der Waals surface area contributed by atoms with Crippen LogP contribution in [-0.2, 0) is 0 Å². The number of aromatic nitrogens is 1. The summed E-state index contributed by atoms with van der Waals surface area (Å²) in [6.07, 6.45) is 0.0885. The van der Waals surface area contributed by atoms with Gasteiger partial charge in [0.1, 0.15) is 5.15 Å². The summed E-state index contributed by atoms with van der Waals surface area (Å²) in [5, 5.41) is 9.66. The van der Waals surface area contributed by atoms with Crippen LogP contribution < -0.4 is 0 Å². The van der Waals surface area contributed by atoms with Gasteiger partial charge in [0.15, 0.2) is 4.47 Å².